The van der Waals surface area contributed by atoms with Crippen LogP contribution in [0.5, 0.6) is 0 Å². The van der Waals surface area contributed by atoms with Gasteiger partial charge in [-0.25, -0.2) is 0 Å². The van der Waals surface area contributed by atoms with E-state index in [9.17, 15) is 19.8 Å². The quantitative estimate of drug-likeness (QED) is 0.573. The van der Waals surface area contributed by atoms with Gasteiger partial charge in [-0.05, 0) is 11.1 Å². The highest BCUT2D eigenvalue weighted by Crippen LogP contribution is 2.01. The Bertz CT molecular complexity index is 389. The molecule has 19 heavy (non-hydrogen) atoms. The number of aromatic carboxylic acids is 2. The number of benzene rings is 1. The van der Waals surface area contributed by atoms with Crippen LogP contribution in [-0.2, 0) is 4.79 Å². The summed E-state index contributed by atoms with van der Waals surface area (Å²) < 4.78 is 0. The molecular formula is C12H11O7-3. The number of carbonyl (C=O) groups is 3. The smallest absolute Gasteiger partial charge is 0.0826 e. The largest absolute Gasteiger partial charge is 0.548 e. The molecule has 0 aromatic heterocycles. The van der Waals surface area contributed by atoms with E-state index in [4.69, 9.17) is 15.0 Å². The molecule has 0 unspecified atom stereocenters. The molecule has 0 aliphatic carbocycles. The normalized spacial score (nSPS) is 8.05. The van der Waals surface area contributed by atoms with Crippen molar-refractivity contribution in [3.8, 4) is 0 Å². The minimum absolute atomic E-state index is 0.0556. The molecule has 1 rings (SSSR count). The van der Waals surface area contributed by atoms with E-state index in [0.29, 0.717) is 0 Å². The van der Waals surface area contributed by atoms with E-state index in [2.05, 4.69) is 13.2 Å². The van der Waals surface area contributed by atoms with Crippen molar-refractivity contribution in [2.75, 3.05) is 6.61 Å². The fourth-order valence-corrected chi connectivity index (χ4v) is 0.742. The number of carbonyl (C=O) groups excluding carboxylic acids is 3. The van der Waals surface area contributed by atoms with Gasteiger partial charge >= 0.3 is 0 Å². The zero-order valence-electron chi connectivity index (χ0n) is 9.83. The Kier molecular flexibility index (Phi) is 10.3. The second-order valence-electron chi connectivity index (χ2n) is 2.68. The van der Waals surface area contributed by atoms with Gasteiger partial charge in [0.1, 0.15) is 0 Å². The van der Waals surface area contributed by atoms with Crippen LogP contribution in [0.15, 0.2) is 37.4 Å². The third-order valence-corrected chi connectivity index (χ3v) is 1.49. The zero-order chi connectivity index (χ0) is 15.4. The number of aliphatic hydroxyl groups excluding tert-OH is 1. The van der Waals surface area contributed by atoms with Crippen molar-refractivity contribution in [2.24, 2.45) is 0 Å². The Balaban J connectivity index is 0. The van der Waals surface area contributed by atoms with E-state index in [-0.39, 0.29) is 11.1 Å². The Morgan fingerprint density at radius 2 is 1.11 bits per heavy atom. The molecule has 0 aliphatic heterocycles. The lowest BCUT2D eigenvalue weighted by Crippen LogP contribution is -2.25. The minimum atomic E-state index is -1.44. The van der Waals surface area contributed by atoms with Gasteiger partial charge in [0.2, 0.25) is 0 Å². The number of carboxylic acid groups (broad SMARTS) is 3. The molecule has 0 saturated heterocycles. The molecule has 0 spiro atoms. The molecule has 0 bridgehead atoms. The molecule has 1 N–H and O–H groups in total. The van der Waals surface area contributed by atoms with Gasteiger partial charge in [0.15, 0.2) is 0 Å². The van der Waals surface area contributed by atoms with Crippen LogP contribution in [0.1, 0.15) is 20.7 Å². The number of aliphatic hydroxyl groups is 1. The summed E-state index contributed by atoms with van der Waals surface area (Å²) >= 11 is 0. The van der Waals surface area contributed by atoms with E-state index in [0.717, 1.165) is 24.3 Å². The summed E-state index contributed by atoms with van der Waals surface area (Å²) in [6, 6.07) is 4.61. The summed E-state index contributed by atoms with van der Waals surface area (Å²) in [6.07, 6.45) is 0. The Morgan fingerprint density at radius 1 is 0.895 bits per heavy atom. The first kappa shape index (κ1) is 18.7. The van der Waals surface area contributed by atoms with Gasteiger partial charge in [-0.15, -0.1) is 13.2 Å². The van der Waals surface area contributed by atoms with Gasteiger partial charge in [0, 0.05) is 0 Å². The molecule has 1 aromatic carbocycles. The van der Waals surface area contributed by atoms with Gasteiger partial charge in [-0.2, -0.15) is 0 Å². The van der Waals surface area contributed by atoms with Gasteiger partial charge in [0.05, 0.1) is 24.5 Å². The van der Waals surface area contributed by atoms with Crippen molar-refractivity contribution < 1.29 is 34.8 Å². The molecule has 0 atom stereocenters. The number of hydrogen-bond donors (Lipinski definition) is 1. The topological polar surface area (TPSA) is 141 Å². The molecule has 104 valence electrons. The molecule has 0 amide bonds. The van der Waals surface area contributed by atoms with E-state index in [1.165, 1.54) is 0 Å². The van der Waals surface area contributed by atoms with Crippen LogP contribution in [0.3, 0.4) is 0 Å². The van der Waals surface area contributed by atoms with Gasteiger partial charge in [-0.1, -0.05) is 24.3 Å². The fourth-order valence-electron chi connectivity index (χ4n) is 0.742. The fraction of sp³-hybridized carbons (Fsp3) is 0.0833. The second-order valence-corrected chi connectivity index (χ2v) is 2.68. The molecule has 0 saturated carbocycles. The number of hydrogen-bond acceptors (Lipinski definition) is 7. The number of aliphatic carboxylic acids is 1. The molecule has 0 aliphatic rings. The monoisotopic (exact) mass is 267 g/mol. The van der Waals surface area contributed by atoms with Crippen LogP contribution >= 0.6 is 0 Å². The van der Waals surface area contributed by atoms with Gasteiger partial charge in [0.25, 0.3) is 0 Å². The average Bonchev–Trinajstić information content (AvgIpc) is 2.41. The summed E-state index contributed by atoms with van der Waals surface area (Å²) in [5.74, 6) is -4.11. The Hall–Kier alpha value is -2.67. The maximum absolute atomic E-state index is 10.2. The predicted molar refractivity (Wildman–Crippen MR) is 58.4 cm³/mol. The standard InChI is InChI=1S/C8H6O4.C2H4O3.C2H4/c9-7(10)5-1-2-6(4-3-5)8(11)12;3-1-2(4)5;1-2/h1-4H,(H,9,10)(H,11,12);3H,1H2,(H,4,5);1-2H2/p-3. The SMILES string of the molecule is C=C.O=C([O-])CO.O=C([O-])c1ccc(C(=O)[O-])cc1. The zero-order valence-corrected chi connectivity index (χ0v) is 9.83. The van der Waals surface area contributed by atoms with Crippen molar-refractivity contribution >= 4 is 17.9 Å². The predicted octanol–water partition coefficient (Wildman–Crippen LogP) is -3.06. The highest BCUT2D eigenvalue weighted by atomic mass is 16.4. The number of rotatable bonds is 3. The van der Waals surface area contributed by atoms with Crippen LogP contribution in [0.25, 0.3) is 0 Å². The van der Waals surface area contributed by atoms with Crippen LogP contribution in [0.2, 0.25) is 0 Å². The van der Waals surface area contributed by atoms with Crippen molar-refractivity contribution in [1.82, 2.24) is 0 Å². The van der Waals surface area contributed by atoms with E-state index >= 15 is 0 Å². The summed E-state index contributed by atoms with van der Waals surface area (Å²) in [4.78, 5) is 29.4. The molecule has 0 fully saturated rings. The average molecular weight is 267 g/mol. The third-order valence-electron chi connectivity index (χ3n) is 1.49. The van der Waals surface area contributed by atoms with Crippen LogP contribution in [-0.4, -0.2) is 29.6 Å². The highest BCUT2D eigenvalue weighted by Gasteiger charge is 1.94. The summed E-state index contributed by atoms with van der Waals surface area (Å²) in [5, 5.41) is 36.9. The number of carboxylic acids is 3. The summed E-state index contributed by atoms with van der Waals surface area (Å²) in [5.41, 5.74) is -0.111. The molecular weight excluding hydrogens is 256 g/mol. The minimum Gasteiger partial charge on any atom is -0.548 e. The third kappa shape index (κ3) is 9.07. The Labute approximate surface area is 109 Å². The molecule has 7 heteroatoms. The lowest BCUT2D eigenvalue weighted by Gasteiger charge is -2.04. The van der Waals surface area contributed by atoms with Crippen molar-refractivity contribution in [1.29, 1.82) is 0 Å². The molecule has 7 nitrogen and oxygen atoms in total. The summed E-state index contributed by atoms with van der Waals surface area (Å²) in [6.45, 7) is 5.11. The van der Waals surface area contributed by atoms with E-state index < -0.39 is 24.5 Å². The van der Waals surface area contributed by atoms with Crippen LogP contribution in [0.4, 0.5) is 0 Å². The van der Waals surface area contributed by atoms with Gasteiger partial charge in [-0.3, -0.25) is 0 Å². The van der Waals surface area contributed by atoms with Crippen molar-refractivity contribution in [3.63, 3.8) is 0 Å². The second kappa shape index (κ2) is 10.5. The van der Waals surface area contributed by atoms with Crippen molar-refractivity contribution in [3.05, 3.63) is 48.6 Å². The first-order chi connectivity index (χ1) is 8.88. The molecule has 0 radical (unpaired) electrons. The van der Waals surface area contributed by atoms with Crippen LogP contribution in [0, 0.1) is 0 Å². The highest BCUT2D eigenvalue weighted by molar-refractivity contribution is 5.89. The maximum Gasteiger partial charge on any atom is 0.0826 e. The first-order valence-corrected chi connectivity index (χ1v) is 4.72. The van der Waals surface area contributed by atoms with E-state index in [1.54, 1.807) is 0 Å². The summed E-state index contributed by atoms with van der Waals surface area (Å²) in [7, 11) is 0. The lowest BCUT2D eigenvalue weighted by molar-refractivity contribution is -0.308. The van der Waals surface area contributed by atoms with Gasteiger partial charge < -0.3 is 34.8 Å². The first-order valence-electron chi connectivity index (χ1n) is 4.72. The van der Waals surface area contributed by atoms with E-state index in [1.807, 2.05) is 0 Å². The van der Waals surface area contributed by atoms with Crippen LogP contribution < -0.4 is 15.3 Å². The molecule has 0 heterocycles. The lowest BCUT2D eigenvalue weighted by atomic mass is 10.1. The maximum atomic E-state index is 10.2. The molecule has 1 aromatic rings. The Morgan fingerprint density at radius 3 is 1.21 bits per heavy atom. The van der Waals surface area contributed by atoms with Crippen molar-refractivity contribution in [2.45, 2.75) is 0 Å².